The van der Waals surface area contributed by atoms with Gasteiger partial charge in [0.15, 0.2) is 25.0 Å². The Balaban J connectivity index is 2.13. The lowest BCUT2D eigenvalue weighted by molar-refractivity contribution is -0.118. The van der Waals surface area contributed by atoms with E-state index in [-0.39, 0.29) is 5.91 Å². The molecule has 1 amide bonds. The molecule has 0 fully saturated rings. The third kappa shape index (κ3) is 11.2. The summed E-state index contributed by atoms with van der Waals surface area (Å²) in [6.45, 7) is 21.2. The van der Waals surface area contributed by atoms with Gasteiger partial charge in [-0.1, -0.05) is 104 Å². The van der Waals surface area contributed by atoms with Gasteiger partial charge in [0.05, 0.1) is 5.67 Å². The molecule has 9 heteroatoms. The molecule has 0 bridgehead atoms. The molecular formula is C34H51NO4Si4. The number of hydrogen-bond donors (Lipinski definition) is 1. The van der Waals surface area contributed by atoms with Crippen LogP contribution in [-0.2, 0) is 35.3 Å². The summed E-state index contributed by atoms with van der Waals surface area (Å²) in [4.78, 5) is 13.2. The summed E-state index contributed by atoms with van der Waals surface area (Å²) in [5, 5.41) is 3.28. The van der Waals surface area contributed by atoms with Gasteiger partial charge in [-0.15, -0.1) is 0 Å². The first-order valence-electron chi connectivity index (χ1n) is 15.3. The van der Waals surface area contributed by atoms with Crippen LogP contribution in [0, 0.1) is 0 Å². The topological polar surface area (TPSA) is 56.8 Å². The normalized spacial score (nSPS) is 13.4. The van der Waals surface area contributed by atoms with E-state index in [1.165, 1.54) is 16.7 Å². The van der Waals surface area contributed by atoms with Gasteiger partial charge in [-0.25, -0.2) is 0 Å². The minimum absolute atomic E-state index is 0.188. The van der Waals surface area contributed by atoms with Crippen molar-refractivity contribution in [2.75, 3.05) is 0 Å². The van der Waals surface area contributed by atoms with E-state index in [0.29, 0.717) is 12.0 Å². The quantitative estimate of drug-likeness (QED) is 0.126. The van der Waals surface area contributed by atoms with Gasteiger partial charge < -0.3 is 17.7 Å². The number of hydrogen-bond acceptors (Lipinski definition) is 4. The van der Waals surface area contributed by atoms with E-state index in [1.54, 1.807) is 6.92 Å². The van der Waals surface area contributed by atoms with Crippen LogP contribution in [0.2, 0.25) is 39.3 Å². The molecule has 0 spiro atoms. The second-order valence-electron chi connectivity index (χ2n) is 13.4. The van der Waals surface area contributed by atoms with Crippen LogP contribution in [-0.4, -0.2) is 45.3 Å². The lowest BCUT2D eigenvalue weighted by Crippen LogP contribution is -2.72. The molecule has 0 saturated heterocycles. The van der Waals surface area contributed by atoms with E-state index in [9.17, 15) is 4.79 Å². The maximum absolute atomic E-state index is 13.2. The first-order chi connectivity index (χ1) is 20.1. The van der Waals surface area contributed by atoms with Crippen LogP contribution in [0.1, 0.15) is 37.0 Å². The minimum atomic E-state index is -3.59. The molecule has 1 unspecified atom stereocenters. The molecule has 1 N–H and O–H groups in total. The van der Waals surface area contributed by atoms with E-state index < -0.39 is 39.4 Å². The molecule has 0 aromatic heterocycles. The summed E-state index contributed by atoms with van der Waals surface area (Å²) in [5.41, 5.74) is 3.78. The standard InChI is InChI=1S/C34H51NO4Si4/c1-10-33(35-34(36)29(2)3)43(37-40(4,5)26-30-20-14-11-15-21-30,38-41(6,7)27-31-22-16-12-17-23-31)39-42(8,9)28-32-24-18-13-19-25-32/h11-25,33H,2,10,26-28H2,1,3-9H3,(H,35,36). The third-order valence-corrected chi connectivity index (χ3v) is 22.4. The van der Waals surface area contributed by atoms with Crippen LogP contribution in [0.3, 0.4) is 0 Å². The van der Waals surface area contributed by atoms with Gasteiger partial charge in [0.1, 0.15) is 0 Å². The first-order valence-corrected chi connectivity index (χ1v) is 26.5. The van der Waals surface area contributed by atoms with E-state index in [0.717, 1.165) is 18.1 Å². The monoisotopic (exact) mass is 649 g/mol. The molecule has 0 heterocycles. The Hall–Kier alpha value is -2.38. The molecule has 0 radical (unpaired) electrons. The zero-order valence-electron chi connectivity index (χ0n) is 27.4. The SMILES string of the molecule is C=C(C)C(=O)NC(CC)[Si](O[Si](C)(C)Cc1ccccc1)(O[Si](C)(C)Cc1ccccc1)O[Si](C)(C)Cc1ccccc1. The highest BCUT2D eigenvalue weighted by Gasteiger charge is 2.58. The van der Waals surface area contributed by atoms with Crippen LogP contribution < -0.4 is 5.32 Å². The van der Waals surface area contributed by atoms with Crippen molar-refractivity contribution in [3.63, 3.8) is 0 Å². The van der Waals surface area contributed by atoms with Gasteiger partial charge in [-0.05, 0) is 87.4 Å². The highest BCUT2D eigenvalue weighted by Crippen LogP contribution is 2.33. The Morgan fingerprint density at radius 1 is 0.651 bits per heavy atom. The number of benzene rings is 3. The Labute approximate surface area is 264 Å². The smallest absolute Gasteiger partial charge is 0.415 e. The highest BCUT2D eigenvalue weighted by atomic mass is 28.5. The fourth-order valence-corrected chi connectivity index (χ4v) is 23.4. The Morgan fingerprint density at radius 3 is 1.21 bits per heavy atom. The Kier molecular flexibility index (Phi) is 12.3. The fraction of sp³-hybridized carbons (Fsp3) is 0.382. The molecule has 0 aliphatic carbocycles. The van der Waals surface area contributed by atoms with Crippen LogP contribution in [0.15, 0.2) is 103 Å². The number of nitrogens with one attached hydrogen (secondary N) is 1. The van der Waals surface area contributed by atoms with Gasteiger partial charge in [-0.3, -0.25) is 4.79 Å². The Bertz CT molecular complexity index is 1180. The second kappa shape index (κ2) is 15.1. The van der Waals surface area contributed by atoms with E-state index >= 15 is 0 Å². The van der Waals surface area contributed by atoms with Crippen LogP contribution >= 0.6 is 0 Å². The highest BCUT2D eigenvalue weighted by molar-refractivity contribution is 6.91. The number of carbonyl (C=O) groups excluding carboxylic acids is 1. The summed E-state index contributed by atoms with van der Waals surface area (Å²) in [6, 6.07) is 34.0. The summed E-state index contributed by atoms with van der Waals surface area (Å²) in [5.74, 6) is -0.188. The van der Waals surface area contributed by atoms with Gasteiger partial charge in [0, 0.05) is 5.57 Å². The average Bonchev–Trinajstić information content (AvgIpc) is 2.91. The van der Waals surface area contributed by atoms with Crippen molar-refractivity contribution in [1.29, 1.82) is 0 Å². The van der Waals surface area contributed by atoms with Crippen molar-refractivity contribution in [2.45, 2.75) is 83.3 Å². The number of amides is 1. The molecule has 1 atom stereocenters. The summed E-state index contributed by atoms with van der Waals surface area (Å²) < 4.78 is 22.4. The molecule has 0 aliphatic rings. The summed E-state index contributed by atoms with van der Waals surface area (Å²) >= 11 is 0. The van der Waals surface area contributed by atoms with Crippen LogP contribution in [0.5, 0.6) is 0 Å². The van der Waals surface area contributed by atoms with Crippen molar-refractivity contribution in [3.05, 3.63) is 120 Å². The molecule has 3 aromatic rings. The van der Waals surface area contributed by atoms with Crippen LogP contribution in [0.25, 0.3) is 0 Å². The zero-order valence-corrected chi connectivity index (χ0v) is 31.4. The van der Waals surface area contributed by atoms with Crippen LogP contribution in [0.4, 0.5) is 0 Å². The predicted molar refractivity (Wildman–Crippen MR) is 189 cm³/mol. The summed E-state index contributed by atoms with van der Waals surface area (Å²) in [7, 11) is -10.9. The maximum atomic E-state index is 13.2. The van der Waals surface area contributed by atoms with Crippen molar-refractivity contribution in [3.8, 4) is 0 Å². The zero-order chi connectivity index (χ0) is 31.7. The number of rotatable bonds is 16. The predicted octanol–water partition coefficient (Wildman–Crippen LogP) is 7.95. The summed E-state index contributed by atoms with van der Waals surface area (Å²) in [6.07, 6.45) is 0.632. The van der Waals surface area contributed by atoms with Crippen molar-refractivity contribution >= 4 is 39.7 Å². The van der Waals surface area contributed by atoms with Gasteiger partial charge >= 0.3 is 8.80 Å². The molecule has 0 saturated carbocycles. The molecule has 0 aliphatic heterocycles. The van der Waals surface area contributed by atoms with Crippen molar-refractivity contribution < 1.29 is 17.1 Å². The molecule has 3 rings (SSSR count). The largest absolute Gasteiger partial charge is 0.493 e. The second-order valence-corrected chi connectivity index (χ2v) is 29.4. The van der Waals surface area contributed by atoms with Gasteiger partial charge in [0.25, 0.3) is 0 Å². The minimum Gasteiger partial charge on any atom is -0.415 e. The average molecular weight is 650 g/mol. The lowest BCUT2D eigenvalue weighted by atomic mass is 10.2. The maximum Gasteiger partial charge on any atom is 0.493 e. The molecule has 232 valence electrons. The van der Waals surface area contributed by atoms with E-state index in [1.807, 2.05) is 18.2 Å². The van der Waals surface area contributed by atoms with Gasteiger partial charge in [-0.2, -0.15) is 0 Å². The molecule has 43 heavy (non-hydrogen) atoms. The fourth-order valence-electron chi connectivity index (χ4n) is 5.52. The lowest BCUT2D eigenvalue weighted by Gasteiger charge is -2.48. The number of carbonyl (C=O) groups is 1. The Morgan fingerprint density at radius 2 is 0.953 bits per heavy atom. The molecule has 3 aromatic carbocycles. The van der Waals surface area contributed by atoms with Crippen molar-refractivity contribution in [1.82, 2.24) is 5.32 Å². The van der Waals surface area contributed by atoms with E-state index in [2.05, 4.69) is 131 Å². The van der Waals surface area contributed by atoms with Crippen molar-refractivity contribution in [2.24, 2.45) is 0 Å². The van der Waals surface area contributed by atoms with E-state index in [4.69, 9.17) is 12.3 Å². The molecule has 5 nitrogen and oxygen atoms in total. The first kappa shape index (κ1) is 35.1. The third-order valence-electron chi connectivity index (χ3n) is 7.20. The molecular weight excluding hydrogens is 599 g/mol. The van der Waals surface area contributed by atoms with Gasteiger partial charge in [0.2, 0.25) is 5.91 Å².